The molecule has 6 heteroatoms. The molecule has 1 aromatic heterocycles. The largest absolute Gasteiger partial charge is 0.477 e. The monoisotopic (exact) mass is 283 g/mol. The molecule has 0 saturated carbocycles. The van der Waals surface area contributed by atoms with Gasteiger partial charge in [0.25, 0.3) is 0 Å². The summed E-state index contributed by atoms with van der Waals surface area (Å²) >= 11 is 1.20. The number of hydrogen-bond acceptors (Lipinski definition) is 5. The lowest BCUT2D eigenvalue weighted by molar-refractivity contribution is 0.0489. The second-order valence-corrected chi connectivity index (χ2v) is 5.53. The Labute approximate surface area is 115 Å². The van der Waals surface area contributed by atoms with E-state index in [1.54, 1.807) is 0 Å². The number of hydrogen-bond donors (Lipinski definition) is 2. The molecular formula is C13H17NO4S. The molecule has 0 amide bonds. The van der Waals surface area contributed by atoms with Gasteiger partial charge in [0.2, 0.25) is 0 Å². The molecular weight excluding hydrogens is 266 g/mol. The van der Waals surface area contributed by atoms with Crippen LogP contribution in [0.1, 0.15) is 50.2 Å². The summed E-state index contributed by atoms with van der Waals surface area (Å²) < 4.78 is 5.16. The lowest BCUT2D eigenvalue weighted by atomic mass is 10.0. The van der Waals surface area contributed by atoms with Gasteiger partial charge in [-0.25, -0.2) is 9.59 Å². The van der Waals surface area contributed by atoms with Crippen molar-refractivity contribution in [2.24, 2.45) is 0 Å². The van der Waals surface area contributed by atoms with Crippen molar-refractivity contribution < 1.29 is 19.4 Å². The SMILES string of the molecule is CCCCOC(=O)c1c(C(=O)O)sc2c1CNCC2. The Bertz CT molecular complexity index is 495. The number of nitrogens with one attached hydrogen (secondary N) is 1. The summed E-state index contributed by atoms with van der Waals surface area (Å²) in [7, 11) is 0. The van der Waals surface area contributed by atoms with Crippen molar-refractivity contribution in [3.63, 3.8) is 0 Å². The van der Waals surface area contributed by atoms with E-state index in [4.69, 9.17) is 4.74 Å². The third-order valence-corrected chi connectivity index (χ3v) is 4.33. The van der Waals surface area contributed by atoms with Gasteiger partial charge in [-0.3, -0.25) is 0 Å². The number of thiophene rings is 1. The molecule has 0 fully saturated rings. The van der Waals surface area contributed by atoms with Crippen molar-refractivity contribution in [3.05, 3.63) is 20.9 Å². The van der Waals surface area contributed by atoms with E-state index in [1.165, 1.54) is 11.3 Å². The van der Waals surface area contributed by atoms with E-state index in [-0.39, 0.29) is 10.4 Å². The van der Waals surface area contributed by atoms with Crippen LogP contribution in [-0.2, 0) is 17.7 Å². The molecule has 0 bridgehead atoms. The molecule has 0 saturated heterocycles. The summed E-state index contributed by atoms with van der Waals surface area (Å²) in [6, 6.07) is 0. The molecule has 2 rings (SSSR count). The molecule has 0 atom stereocenters. The van der Waals surface area contributed by atoms with Gasteiger partial charge < -0.3 is 15.2 Å². The van der Waals surface area contributed by atoms with Crippen molar-refractivity contribution in [1.82, 2.24) is 5.32 Å². The fraction of sp³-hybridized carbons (Fsp3) is 0.538. The van der Waals surface area contributed by atoms with Crippen molar-refractivity contribution in [2.45, 2.75) is 32.7 Å². The molecule has 0 aromatic carbocycles. The average Bonchev–Trinajstić information content (AvgIpc) is 2.78. The molecule has 0 radical (unpaired) electrons. The van der Waals surface area contributed by atoms with Crippen LogP contribution in [0, 0.1) is 0 Å². The van der Waals surface area contributed by atoms with Gasteiger partial charge in [0, 0.05) is 18.0 Å². The standard InChI is InChI=1S/C13H17NO4S/c1-2-3-6-18-13(17)10-8-7-14-5-4-9(8)19-11(10)12(15)16/h14H,2-7H2,1H3,(H,15,16). The highest BCUT2D eigenvalue weighted by molar-refractivity contribution is 7.14. The topological polar surface area (TPSA) is 75.6 Å². The number of carboxylic acid groups (broad SMARTS) is 1. The Morgan fingerprint density at radius 3 is 2.95 bits per heavy atom. The number of unbranched alkanes of at least 4 members (excludes halogenated alkanes) is 1. The number of rotatable bonds is 5. The minimum Gasteiger partial charge on any atom is -0.477 e. The van der Waals surface area contributed by atoms with Crippen LogP contribution in [0.15, 0.2) is 0 Å². The van der Waals surface area contributed by atoms with E-state index in [1.807, 2.05) is 6.92 Å². The van der Waals surface area contributed by atoms with Crippen LogP contribution < -0.4 is 5.32 Å². The quantitative estimate of drug-likeness (QED) is 0.639. The predicted octanol–water partition coefficient (Wildman–Crippen LogP) is 2.05. The fourth-order valence-electron chi connectivity index (χ4n) is 2.06. The number of carbonyl (C=O) groups is 2. The van der Waals surface area contributed by atoms with Gasteiger partial charge in [0.05, 0.1) is 12.2 Å². The van der Waals surface area contributed by atoms with E-state index in [2.05, 4.69) is 5.32 Å². The van der Waals surface area contributed by atoms with Gasteiger partial charge in [-0.05, 0) is 18.4 Å². The lowest BCUT2D eigenvalue weighted by Crippen LogP contribution is -2.24. The Morgan fingerprint density at radius 1 is 1.47 bits per heavy atom. The first-order valence-corrected chi connectivity index (χ1v) is 7.22. The Morgan fingerprint density at radius 2 is 2.26 bits per heavy atom. The van der Waals surface area contributed by atoms with Crippen molar-refractivity contribution in [3.8, 4) is 0 Å². The zero-order valence-corrected chi connectivity index (χ0v) is 11.6. The first kappa shape index (κ1) is 14.0. The maximum atomic E-state index is 12.1. The summed E-state index contributed by atoms with van der Waals surface area (Å²) in [5.74, 6) is -1.56. The second kappa shape index (κ2) is 6.16. The predicted molar refractivity (Wildman–Crippen MR) is 71.9 cm³/mol. The van der Waals surface area contributed by atoms with Crippen LogP contribution in [0.25, 0.3) is 0 Å². The smallest absolute Gasteiger partial charge is 0.346 e. The number of carboxylic acids is 1. The van der Waals surface area contributed by atoms with Crippen LogP contribution in [0.4, 0.5) is 0 Å². The number of ether oxygens (including phenoxy) is 1. The van der Waals surface area contributed by atoms with Gasteiger partial charge in [-0.1, -0.05) is 13.3 Å². The molecule has 2 N–H and O–H groups in total. The highest BCUT2D eigenvalue weighted by Gasteiger charge is 2.29. The van der Waals surface area contributed by atoms with Crippen LogP contribution in [0.5, 0.6) is 0 Å². The van der Waals surface area contributed by atoms with Crippen molar-refractivity contribution in [2.75, 3.05) is 13.2 Å². The van der Waals surface area contributed by atoms with Gasteiger partial charge >= 0.3 is 11.9 Å². The molecule has 0 spiro atoms. The molecule has 19 heavy (non-hydrogen) atoms. The van der Waals surface area contributed by atoms with Gasteiger partial charge in [0.1, 0.15) is 4.88 Å². The second-order valence-electron chi connectivity index (χ2n) is 4.43. The molecule has 0 unspecified atom stereocenters. The van der Waals surface area contributed by atoms with E-state index in [0.29, 0.717) is 13.2 Å². The van der Waals surface area contributed by atoms with Gasteiger partial charge in [0.15, 0.2) is 0 Å². The van der Waals surface area contributed by atoms with E-state index >= 15 is 0 Å². The minimum absolute atomic E-state index is 0.107. The van der Waals surface area contributed by atoms with Crippen LogP contribution in [0.2, 0.25) is 0 Å². The Kier molecular flexibility index (Phi) is 4.55. The lowest BCUT2D eigenvalue weighted by Gasteiger charge is -2.14. The Hall–Kier alpha value is -1.40. The molecule has 5 nitrogen and oxygen atoms in total. The maximum Gasteiger partial charge on any atom is 0.346 e. The molecule has 1 aliphatic rings. The fourth-order valence-corrected chi connectivity index (χ4v) is 3.21. The first-order chi connectivity index (χ1) is 9.15. The third kappa shape index (κ3) is 2.96. The zero-order valence-electron chi connectivity index (χ0n) is 10.8. The van der Waals surface area contributed by atoms with E-state index < -0.39 is 11.9 Å². The number of carbonyl (C=O) groups excluding carboxylic acids is 1. The molecule has 0 aliphatic carbocycles. The normalized spacial score (nSPS) is 13.9. The maximum absolute atomic E-state index is 12.1. The third-order valence-electron chi connectivity index (χ3n) is 3.05. The number of esters is 1. The van der Waals surface area contributed by atoms with E-state index in [0.717, 1.165) is 36.2 Å². The van der Waals surface area contributed by atoms with Crippen molar-refractivity contribution in [1.29, 1.82) is 0 Å². The van der Waals surface area contributed by atoms with Gasteiger partial charge in [-0.2, -0.15) is 0 Å². The van der Waals surface area contributed by atoms with E-state index in [9.17, 15) is 14.7 Å². The number of aromatic carboxylic acids is 1. The summed E-state index contributed by atoms with van der Waals surface area (Å²) in [5.41, 5.74) is 1.05. The van der Waals surface area contributed by atoms with Crippen LogP contribution in [0.3, 0.4) is 0 Å². The van der Waals surface area contributed by atoms with Crippen molar-refractivity contribution >= 4 is 23.3 Å². The Balaban J connectivity index is 2.28. The molecule has 104 valence electrons. The number of fused-ring (bicyclic) bond motifs is 1. The highest BCUT2D eigenvalue weighted by atomic mass is 32.1. The summed E-state index contributed by atoms with van der Waals surface area (Å²) in [6.45, 7) is 3.70. The summed E-state index contributed by atoms with van der Waals surface area (Å²) in [4.78, 5) is 24.4. The summed E-state index contributed by atoms with van der Waals surface area (Å²) in [6.07, 6.45) is 2.49. The van der Waals surface area contributed by atoms with Gasteiger partial charge in [-0.15, -0.1) is 11.3 Å². The molecule has 1 aliphatic heterocycles. The summed E-state index contributed by atoms with van der Waals surface area (Å²) in [5, 5.41) is 12.4. The van der Waals surface area contributed by atoms with Crippen LogP contribution >= 0.6 is 11.3 Å². The highest BCUT2D eigenvalue weighted by Crippen LogP contribution is 2.31. The zero-order chi connectivity index (χ0) is 13.8. The van der Waals surface area contributed by atoms with Crippen LogP contribution in [-0.4, -0.2) is 30.2 Å². The minimum atomic E-state index is -1.05. The average molecular weight is 283 g/mol. The molecule has 2 heterocycles. The molecule has 1 aromatic rings. The first-order valence-electron chi connectivity index (χ1n) is 6.40.